The molecule has 0 aliphatic carbocycles. The Hall–Kier alpha value is -3.15. The topological polar surface area (TPSA) is 69.7 Å². The molecule has 2 aromatic rings. The third-order valence-electron chi connectivity index (χ3n) is 6.10. The predicted molar refractivity (Wildman–Crippen MR) is 116 cm³/mol. The van der Waals surface area contributed by atoms with E-state index in [1.807, 2.05) is 32.0 Å². The second-order valence-electron chi connectivity index (χ2n) is 8.29. The molecule has 3 amide bonds. The summed E-state index contributed by atoms with van der Waals surface area (Å²) in [5.41, 5.74) is 6.18. The summed E-state index contributed by atoms with van der Waals surface area (Å²) in [6.07, 6.45) is 1.000. The third-order valence-corrected chi connectivity index (χ3v) is 6.10. The second kappa shape index (κ2) is 7.94. The summed E-state index contributed by atoms with van der Waals surface area (Å²) in [7, 11) is 0. The van der Waals surface area contributed by atoms with Crippen molar-refractivity contribution in [1.29, 1.82) is 0 Å². The average molecular weight is 405 g/mol. The van der Waals surface area contributed by atoms with Crippen molar-refractivity contribution in [1.82, 2.24) is 5.32 Å². The smallest absolute Gasteiger partial charge is 0.227 e. The van der Waals surface area contributed by atoms with Gasteiger partial charge in [0.1, 0.15) is 0 Å². The van der Waals surface area contributed by atoms with Crippen molar-refractivity contribution in [3.8, 4) is 0 Å². The number of carbonyl (C=O) groups is 3. The molecule has 0 bridgehead atoms. The number of hydrogen-bond donors (Lipinski definition) is 1. The molecule has 4 rings (SSSR count). The maximum atomic E-state index is 12.7. The second-order valence-corrected chi connectivity index (χ2v) is 8.29. The van der Waals surface area contributed by atoms with Crippen LogP contribution in [0.15, 0.2) is 36.4 Å². The largest absolute Gasteiger partial charge is 0.352 e. The number of rotatable bonds is 4. The van der Waals surface area contributed by atoms with Gasteiger partial charge in [-0.25, -0.2) is 0 Å². The fourth-order valence-electron chi connectivity index (χ4n) is 4.33. The highest BCUT2D eigenvalue weighted by atomic mass is 16.2. The van der Waals surface area contributed by atoms with Gasteiger partial charge in [-0.05, 0) is 55.2 Å². The Bertz CT molecular complexity index is 1030. The van der Waals surface area contributed by atoms with Crippen molar-refractivity contribution >= 4 is 29.1 Å². The van der Waals surface area contributed by atoms with E-state index >= 15 is 0 Å². The minimum Gasteiger partial charge on any atom is -0.352 e. The van der Waals surface area contributed by atoms with Crippen LogP contribution in [0.1, 0.15) is 35.6 Å². The van der Waals surface area contributed by atoms with Gasteiger partial charge in [0.15, 0.2) is 0 Å². The van der Waals surface area contributed by atoms with Crippen molar-refractivity contribution < 1.29 is 14.4 Å². The van der Waals surface area contributed by atoms with Gasteiger partial charge < -0.3 is 15.1 Å². The molecule has 0 spiro atoms. The molecule has 30 heavy (non-hydrogen) atoms. The number of hydrogen-bond acceptors (Lipinski definition) is 3. The minimum absolute atomic E-state index is 0.0272. The molecule has 1 atom stereocenters. The Kier molecular flexibility index (Phi) is 5.33. The van der Waals surface area contributed by atoms with Gasteiger partial charge in [0.05, 0.1) is 5.92 Å². The molecule has 2 aliphatic heterocycles. The van der Waals surface area contributed by atoms with Gasteiger partial charge in [0.25, 0.3) is 0 Å². The molecular weight excluding hydrogens is 378 g/mol. The van der Waals surface area contributed by atoms with Crippen LogP contribution in [0.2, 0.25) is 0 Å². The van der Waals surface area contributed by atoms with E-state index in [0.29, 0.717) is 19.6 Å². The normalized spacial score (nSPS) is 18.0. The highest BCUT2D eigenvalue weighted by Gasteiger charge is 2.35. The predicted octanol–water partition coefficient (Wildman–Crippen LogP) is 2.88. The van der Waals surface area contributed by atoms with E-state index in [9.17, 15) is 14.4 Å². The molecule has 0 saturated carbocycles. The number of carbonyl (C=O) groups excluding carboxylic acids is 3. The molecular formula is C24H27N3O3. The highest BCUT2D eigenvalue weighted by Crippen LogP contribution is 2.34. The van der Waals surface area contributed by atoms with E-state index in [4.69, 9.17) is 0 Å². The Morgan fingerprint density at radius 1 is 1.13 bits per heavy atom. The number of aryl methyl sites for hydroxylation is 2. The van der Waals surface area contributed by atoms with Gasteiger partial charge in [0.2, 0.25) is 17.7 Å². The molecule has 6 nitrogen and oxygen atoms in total. The zero-order valence-electron chi connectivity index (χ0n) is 17.7. The molecule has 6 heteroatoms. The quantitative estimate of drug-likeness (QED) is 0.850. The number of nitrogens with one attached hydrogen (secondary N) is 1. The van der Waals surface area contributed by atoms with E-state index in [2.05, 4.69) is 23.5 Å². The number of nitrogens with zero attached hydrogens (tertiary/aromatic N) is 2. The fraction of sp³-hybridized carbons (Fsp3) is 0.375. The van der Waals surface area contributed by atoms with Crippen LogP contribution in [-0.2, 0) is 27.3 Å². The van der Waals surface area contributed by atoms with E-state index in [-0.39, 0.29) is 30.1 Å². The lowest BCUT2D eigenvalue weighted by atomic mass is 10.0. The van der Waals surface area contributed by atoms with Crippen molar-refractivity contribution in [3.05, 3.63) is 58.7 Å². The molecule has 0 aromatic heterocycles. The van der Waals surface area contributed by atoms with Crippen molar-refractivity contribution in [2.24, 2.45) is 5.92 Å². The molecule has 0 unspecified atom stereocenters. The number of benzene rings is 2. The fourth-order valence-corrected chi connectivity index (χ4v) is 4.33. The first-order chi connectivity index (χ1) is 14.3. The molecule has 0 radical (unpaired) electrons. The number of anilines is 2. The summed E-state index contributed by atoms with van der Waals surface area (Å²) in [4.78, 5) is 40.5. The van der Waals surface area contributed by atoms with Gasteiger partial charge >= 0.3 is 0 Å². The van der Waals surface area contributed by atoms with Crippen LogP contribution < -0.4 is 15.1 Å². The average Bonchev–Trinajstić information content (AvgIpc) is 3.31. The Morgan fingerprint density at radius 3 is 2.70 bits per heavy atom. The highest BCUT2D eigenvalue weighted by molar-refractivity contribution is 6.01. The first-order valence-corrected chi connectivity index (χ1v) is 10.4. The maximum absolute atomic E-state index is 12.7. The van der Waals surface area contributed by atoms with Gasteiger partial charge in [-0.15, -0.1) is 0 Å². The van der Waals surface area contributed by atoms with Crippen molar-refractivity contribution in [3.63, 3.8) is 0 Å². The first kappa shape index (κ1) is 20.1. The zero-order chi connectivity index (χ0) is 21.4. The Morgan fingerprint density at radius 2 is 1.93 bits per heavy atom. The number of amides is 3. The Balaban J connectivity index is 1.42. The summed E-state index contributed by atoms with van der Waals surface area (Å²) in [6, 6.07) is 11.9. The van der Waals surface area contributed by atoms with E-state index in [1.54, 1.807) is 16.7 Å². The monoisotopic (exact) mass is 405 g/mol. The summed E-state index contributed by atoms with van der Waals surface area (Å²) in [5.74, 6) is -0.456. The molecule has 2 aliphatic rings. The minimum atomic E-state index is -0.357. The number of fused-ring (bicyclic) bond motifs is 1. The SMILES string of the molecule is CC(=O)N1CCc2cc(N3C[C@H](C(=O)NCc4cc(C)ccc4C)CC3=O)ccc21. The summed E-state index contributed by atoms with van der Waals surface area (Å²) < 4.78 is 0. The van der Waals surface area contributed by atoms with Gasteiger partial charge in [-0.1, -0.05) is 23.8 Å². The van der Waals surface area contributed by atoms with Crippen molar-refractivity contribution in [2.75, 3.05) is 22.9 Å². The van der Waals surface area contributed by atoms with Crippen LogP contribution in [0.5, 0.6) is 0 Å². The van der Waals surface area contributed by atoms with E-state index in [1.165, 1.54) is 0 Å². The van der Waals surface area contributed by atoms with E-state index < -0.39 is 0 Å². The Labute approximate surface area is 176 Å². The molecule has 1 saturated heterocycles. The van der Waals surface area contributed by atoms with Crippen LogP contribution >= 0.6 is 0 Å². The van der Waals surface area contributed by atoms with Crippen LogP contribution in [-0.4, -0.2) is 30.8 Å². The van der Waals surface area contributed by atoms with Gasteiger partial charge in [-0.3, -0.25) is 14.4 Å². The lowest BCUT2D eigenvalue weighted by molar-refractivity contribution is -0.126. The standard InChI is InChI=1S/C24H27N3O3/c1-15-4-5-16(2)19(10-15)13-25-24(30)20-12-23(29)27(14-20)21-6-7-22-18(11-21)8-9-26(22)17(3)28/h4-7,10-11,20H,8-9,12-14H2,1-3H3,(H,25,30)/t20-/m1/s1. The van der Waals surface area contributed by atoms with Crippen LogP contribution in [0.4, 0.5) is 11.4 Å². The molecule has 1 N–H and O–H groups in total. The van der Waals surface area contributed by atoms with Crippen LogP contribution in [0, 0.1) is 19.8 Å². The molecule has 2 aromatic carbocycles. The zero-order valence-corrected chi connectivity index (χ0v) is 17.7. The van der Waals surface area contributed by atoms with Gasteiger partial charge in [0, 0.05) is 44.4 Å². The summed E-state index contributed by atoms with van der Waals surface area (Å²) in [5, 5.41) is 3.00. The molecule has 156 valence electrons. The van der Waals surface area contributed by atoms with Gasteiger partial charge in [-0.2, -0.15) is 0 Å². The third kappa shape index (κ3) is 3.82. The van der Waals surface area contributed by atoms with Crippen LogP contribution in [0.25, 0.3) is 0 Å². The lowest BCUT2D eigenvalue weighted by Gasteiger charge is -2.19. The van der Waals surface area contributed by atoms with E-state index in [0.717, 1.165) is 40.0 Å². The first-order valence-electron chi connectivity index (χ1n) is 10.4. The maximum Gasteiger partial charge on any atom is 0.227 e. The van der Waals surface area contributed by atoms with Crippen LogP contribution in [0.3, 0.4) is 0 Å². The summed E-state index contributed by atoms with van der Waals surface area (Å²) in [6.45, 7) is 7.15. The molecule has 1 fully saturated rings. The molecule has 2 heterocycles. The summed E-state index contributed by atoms with van der Waals surface area (Å²) >= 11 is 0. The lowest BCUT2D eigenvalue weighted by Crippen LogP contribution is -2.32. The van der Waals surface area contributed by atoms with Crippen molar-refractivity contribution in [2.45, 2.75) is 40.2 Å².